The van der Waals surface area contributed by atoms with Crippen LogP contribution in [0.2, 0.25) is 5.02 Å². The summed E-state index contributed by atoms with van der Waals surface area (Å²) in [5.41, 5.74) is 2.65. The van der Waals surface area contributed by atoms with E-state index in [9.17, 15) is 9.59 Å². The van der Waals surface area contributed by atoms with Crippen molar-refractivity contribution in [1.29, 1.82) is 0 Å². The third-order valence-corrected chi connectivity index (χ3v) is 2.53. The molecule has 0 aliphatic carbocycles. The normalized spacial score (nSPS) is 10.6. The lowest BCUT2D eigenvalue weighted by Gasteiger charge is -1.98. The number of aromatic nitrogens is 2. The number of hydrogen-bond acceptors (Lipinski definition) is 4. The maximum absolute atomic E-state index is 11.6. The summed E-state index contributed by atoms with van der Waals surface area (Å²) in [5.74, 6) is -0.528. The monoisotopic (exact) mass is 276 g/mol. The topological polar surface area (TPSA) is 87.2 Å². The molecule has 0 aliphatic heterocycles. The van der Waals surface area contributed by atoms with E-state index in [1.165, 1.54) is 18.3 Å². The van der Waals surface area contributed by atoms with E-state index in [-0.39, 0.29) is 11.3 Å². The average Bonchev–Trinajstić information content (AvgIpc) is 2.41. The maximum atomic E-state index is 11.6. The molecule has 96 valence electrons. The lowest BCUT2D eigenvalue weighted by atomic mass is 10.2. The number of rotatable bonds is 3. The summed E-state index contributed by atoms with van der Waals surface area (Å²) in [7, 11) is 0. The van der Waals surface area contributed by atoms with Crippen LogP contribution in [0, 0.1) is 0 Å². The molecule has 0 atom stereocenters. The summed E-state index contributed by atoms with van der Waals surface area (Å²) in [6.45, 7) is 0. The molecule has 7 heteroatoms. The number of halogens is 1. The van der Waals surface area contributed by atoms with Gasteiger partial charge in [0, 0.05) is 16.7 Å². The lowest BCUT2D eigenvalue weighted by Crippen LogP contribution is -2.21. The van der Waals surface area contributed by atoms with Gasteiger partial charge in [-0.15, -0.1) is 0 Å². The average molecular weight is 277 g/mol. The Hall–Kier alpha value is -2.47. The van der Waals surface area contributed by atoms with Gasteiger partial charge in [0.15, 0.2) is 5.69 Å². The second-order valence-corrected chi connectivity index (χ2v) is 3.93. The number of carbonyl (C=O) groups excluding carboxylic acids is 1. The van der Waals surface area contributed by atoms with E-state index in [1.807, 2.05) is 0 Å². The molecule has 0 bridgehead atoms. The molecule has 0 aliphatic rings. The third kappa shape index (κ3) is 3.49. The number of amides is 1. The van der Waals surface area contributed by atoms with Gasteiger partial charge in [0.25, 0.3) is 11.5 Å². The summed E-state index contributed by atoms with van der Waals surface area (Å²) >= 11 is 5.92. The minimum absolute atomic E-state index is 0.0657. The molecule has 2 rings (SSSR count). The van der Waals surface area contributed by atoms with Crippen molar-refractivity contribution in [2.75, 3.05) is 0 Å². The van der Waals surface area contributed by atoms with Crippen molar-refractivity contribution < 1.29 is 4.79 Å². The second kappa shape index (κ2) is 5.92. The number of nitrogens with one attached hydrogen (secondary N) is 2. The molecule has 2 N–H and O–H groups in total. The predicted octanol–water partition coefficient (Wildman–Crippen LogP) is 1.19. The van der Waals surface area contributed by atoms with E-state index in [0.717, 1.165) is 0 Å². The van der Waals surface area contributed by atoms with Crippen LogP contribution in [0.3, 0.4) is 0 Å². The van der Waals surface area contributed by atoms with Gasteiger partial charge in [-0.25, -0.2) is 10.5 Å². The van der Waals surface area contributed by atoms with E-state index in [1.54, 1.807) is 24.3 Å². The molecule has 19 heavy (non-hydrogen) atoms. The van der Waals surface area contributed by atoms with Crippen molar-refractivity contribution in [3.8, 4) is 0 Å². The minimum Gasteiger partial charge on any atom is -0.268 e. The lowest BCUT2D eigenvalue weighted by molar-refractivity contribution is 0.0949. The van der Waals surface area contributed by atoms with Gasteiger partial charge in [-0.1, -0.05) is 29.8 Å². The van der Waals surface area contributed by atoms with Gasteiger partial charge in [0.1, 0.15) is 0 Å². The number of nitrogens with zero attached hydrogens (tertiary/aromatic N) is 2. The molecule has 0 saturated carbocycles. The summed E-state index contributed by atoms with van der Waals surface area (Å²) in [6.07, 6.45) is 1.42. The number of benzene rings is 1. The van der Waals surface area contributed by atoms with E-state index in [2.05, 4.69) is 20.7 Å². The number of hydrazone groups is 1. The van der Waals surface area contributed by atoms with Crippen LogP contribution < -0.4 is 11.0 Å². The quantitative estimate of drug-likeness (QED) is 0.652. The molecule has 1 aromatic carbocycles. The van der Waals surface area contributed by atoms with E-state index < -0.39 is 5.91 Å². The highest BCUT2D eigenvalue weighted by Crippen LogP contribution is 2.11. The van der Waals surface area contributed by atoms with Crippen molar-refractivity contribution >= 4 is 23.7 Å². The zero-order valence-corrected chi connectivity index (χ0v) is 10.4. The van der Waals surface area contributed by atoms with Crippen molar-refractivity contribution in [2.45, 2.75) is 0 Å². The van der Waals surface area contributed by atoms with E-state index >= 15 is 0 Å². The largest absolute Gasteiger partial charge is 0.291 e. The number of carbonyl (C=O) groups is 1. The van der Waals surface area contributed by atoms with Gasteiger partial charge in [0.05, 0.1) is 6.21 Å². The highest BCUT2D eigenvalue weighted by molar-refractivity contribution is 6.33. The first-order chi connectivity index (χ1) is 9.16. The predicted molar refractivity (Wildman–Crippen MR) is 71.4 cm³/mol. The molecular formula is C12H9ClN4O2. The van der Waals surface area contributed by atoms with Crippen molar-refractivity contribution in [2.24, 2.45) is 5.10 Å². The first-order valence-electron chi connectivity index (χ1n) is 5.30. The van der Waals surface area contributed by atoms with Gasteiger partial charge >= 0.3 is 0 Å². The zero-order chi connectivity index (χ0) is 13.7. The molecule has 6 nitrogen and oxygen atoms in total. The fourth-order valence-corrected chi connectivity index (χ4v) is 1.45. The molecule has 2 aromatic rings. The first kappa shape index (κ1) is 13.0. The molecule has 0 fully saturated rings. The van der Waals surface area contributed by atoms with Gasteiger partial charge in [0.2, 0.25) is 0 Å². The van der Waals surface area contributed by atoms with Crippen molar-refractivity contribution in [1.82, 2.24) is 15.6 Å². The van der Waals surface area contributed by atoms with Gasteiger partial charge in [-0.05, 0) is 12.1 Å². The number of H-pyrrole nitrogens is 1. The van der Waals surface area contributed by atoms with Crippen molar-refractivity contribution in [3.05, 3.63) is 63.0 Å². The Morgan fingerprint density at radius 2 is 2.11 bits per heavy atom. The van der Waals surface area contributed by atoms with Crippen LogP contribution >= 0.6 is 11.6 Å². The van der Waals surface area contributed by atoms with Crippen LogP contribution in [0.15, 0.2) is 46.3 Å². The Bertz CT molecular complexity index is 661. The standard InChI is InChI=1S/C12H9ClN4O2/c13-9-4-2-1-3-8(9)7-14-17-12(19)10-5-6-11(18)16-15-10/h1-7H,(H,16,18)(H,17,19)/b14-7-. The van der Waals surface area contributed by atoms with Gasteiger partial charge in [-0.3, -0.25) is 9.59 Å². The Labute approximate surface area is 113 Å². The van der Waals surface area contributed by atoms with E-state index in [0.29, 0.717) is 10.6 Å². The molecule has 0 spiro atoms. The number of aromatic amines is 1. The summed E-state index contributed by atoms with van der Waals surface area (Å²) in [5, 5.41) is 10.0. The fourth-order valence-electron chi connectivity index (χ4n) is 1.27. The Balaban J connectivity index is 2.03. The van der Waals surface area contributed by atoms with Crippen LogP contribution in [-0.4, -0.2) is 22.3 Å². The Morgan fingerprint density at radius 1 is 1.32 bits per heavy atom. The highest BCUT2D eigenvalue weighted by atomic mass is 35.5. The highest BCUT2D eigenvalue weighted by Gasteiger charge is 2.05. The van der Waals surface area contributed by atoms with Crippen LogP contribution in [0.25, 0.3) is 0 Å². The Morgan fingerprint density at radius 3 is 2.79 bits per heavy atom. The Kier molecular flexibility index (Phi) is 4.04. The second-order valence-electron chi connectivity index (χ2n) is 3.53. The zero-order valence-electron chi connectivity index (χ0n) is 9.63. The van der Waals surface area contributed by atoms with E-state index in [4.69, 9.17) is 11.6 Å². The third-order valence-electron chi connectivity index (χ3n) is 2.19. The number of hydrogen-bond donors (Lipinski definition) is 2. The van der Waals surface area contributed by atoms with Gasteiger partial charge < -0.3 is 0 Å². The molecule has 1 aromatic heterocycles. The molecular weight excluding hydrogens is 268 g/mol. The molecule has 0 unspecified atom stereocenters. The summed E-state index contributed by atoms with van der Waals surface area (Å²) < 4.78 is 0. The molecule has 0 saturated heterocycles. The fraction of sp³-hybridized carbons (Fsp3) is 0. The van der Waals surface area contributed by atoms with Crippen LogP contribution in [0.5, 0.6) is 0 Å². The first-order valence-corrected chi connectivity index (χ1v) is 5.68. The van der Waals surface area contributed by atoms with Crippen LogP contribution in [0.1, 0.15) is 16.1 Å². The molecule has 0 radical (unpaired) electrons. The minimum atomic E-state index is -0.528. The smallest absolute Gasteiger partial charge is 0.268 e. The van der Waals surface area contributed by atoms with Crippen LogP contribution in [0.4, 0.5) is 0 Å². The van der Waals surface area contributed by atoms with Gasteiger partial charge in [-0.2, -0.15) is 10.2 Å². The summed E-state index contributed by atoms with van der Waals surface area (Å²) in [6, 6.07) is 9.59. The molecule has 1 heterocycles. The van der Waals surface area contributed by atoms with Crippen LogP contribution in [-0.2, 0) is 0 Å². The van der Waals surface area contributed by atoms with Crippen molar-refractivity contribution in [3.63, 3.8) is 0 Å². The molecule has 1 amide bonds. The SMILES string of the molecule is O=C(N/N=C\c1ccccc1Cl)c1ccc(=O)[nH]n1. The summed E-state index contributed by atoms with van der Waals surface area (Å²) in [4.78, 5) is 22.4. The maximum Gasteiger partial charge on any atom is 0.291 e.